The largest absolute Gasteiger partial charge is 0.497 e. The monoisotopic (exact) mass is 667 g/mol. The lowest BCUT2D eigenvalue weighted by molar-refractivity contribution is -0.140. The summed E-state index contributed by atoms with van der Waals surface area (Å²) in [6.45, 7) is 1.62. The minimum atomic E-state index is -4.15. The van der Waals surface area contributed by atoms with Crippen molar-refractivity contribution in [1.29, 1.82) is 0 Å². The fraction of sp³-hybridized carbons (Fsp3) is 0.333. The van der Waals surface area contributed by atoms with E-state index in [9.17, 15) is 18.0 Å². The van der Waals surface area contributed by atoms with Crippen LogP contribution in [0.25, 0.3) is 0 Å². The molecule has 0 spiro atoms. The van der Waals surface area contributed by atoms with E-state index in [2.05, 4.69) is 5.32 Å². The van der Waals surface area contributed by atoms with Gasteiger partial charge in [-0.1, -0.05) is 99.0 Å². The number of amides is 2. The zero-order valence-corrected chi connectivity index (χ0v) is 28.6. The van der Waals surface area contributed by atoms with E-state index in [0.717, 1.165) is 59.5 Å². The van der Waals surface area contributed by atoms with Crippen molar-refractivity contribution < 1.29 is 22.7 Å². The lowest BCUT2D eigenvalue weighted by Crippen LogP contribution is -2.55. The first-order valence-corrected chi connectivity index (χ1v) is 18.2. The van der Waals surface area contributed by atoms with Crippen molar-refractivity contribution in [2.24, 2.45) is 0 Å². The minimum Gasteiger partial charge on any atom is -0.497 e. The number of anilines is 1. The van der Waals surface area contributed by atoms with Crippen molar-refractivity contribution >= 4 is 27.5 Å². The van der Waals surface area contributed by atoms with Gasteiger partial charge in [0.2, 0.25) is 11.8 Å². The van der Waals surface area contributed by atoms with Gasteiger partial charge in [-0.15, -0.1) is 0 Å². The van der Waals surface area contributed by atoms with Crippen molar-refractivity contribution in [2.75, 3.05) is 18.0 Å². The Balaban J connectivity index is 1.56. The van der Waals surface area contributed by atoms with E-state index >= 15 is 0 Å². The van der Waals surface area contributed by atoms with Crippen LogP contribution in [-0.4, -0.2) is 50.9 Å². The molecule has 2 amide bonds. The predicted octanol–water partition coefficient (Wildman–Crippen LogP) is 6.54. The second-order valence-corrected chi connectivity index (χ2v) is 14.1. The topological polar surface area (TPSA) is 96.0 Å². The van der Waals surface area contributed by atoms with E-state index in [1.54, 1.807) is 37.4 Å². The highest BCUT2D eigenvalue weighted by Crippen LogP contribution is 2.26. The Morgan fingerprint density at radius 2 is 1.46 bits per heavy atom. The van der Waals surface area contributed by atoms with Gasteiger partial charge < -0.3 is 15.0 Å². The molecule has 252 valence electrons. The second-order valence-electron chi connectivity index (χ2n) is 12.3. The number of hydrogen-bond donors (Lipinski definition) is 1. The number of sulfonamides is 1. The molecule has 4 aromatic carbocycles. The number of aryl methyl sites for hydroxylation is 1. The summed E-state index contributed by atoms with van der Waals surface area (Å²) in [5, 5.41) is 3.25. The molecule has 0 aliphatic heterocycles. The zero-order chi connectivity index (χ0) is 33.9. The third-order valence-electron chi connectivity index (χ3n) is 8.95. The number of carbonyl (C=O) groups is 2. The van der Waals surface area contributed by atoms with Crippen LogP contribution in [0, 0.1) is 0 Å². The summed E-state index contributed by atoms with van der Waals surface area (Å²) in [5.41, 5.74) is 3.07. The molecular weight excluding hydrogens is 623 g/mol. The smallest absolute Gasteiger partial charge is 0.264 e. The number of carbonyl (C=O) groups excluding carboxylic acids is 2. The Hall–Kier alpha value is -4.63. The molecule has 8 nitrogen and oxygen atoms in total. The van der Waals surface area contributed by atoms with E-state index in [1.807, 2.05) is 73.7 Å². The highest BCUT2D eigenvalue weighted by Gasteiger charge is 2.35. The van der Waals surface area contributed by atoms with Crippen molar-refractivity contribution in [3.63, 3.8) is 0 Å². The van der Waals surface area contributed by atoms with Gasteiger partial charge in [0.05, 0.1) is 17.7 Å². The number of hydrogen-bond acceptors (Lipinski definition) is 5. The van der Waals surface area contributed by atoms with Gasteiger partial charge in [0, 0.05) is 19.0 Å². The normalized spacial score (nSPS) is 14.1. The molecule has 48 heavy (non-hydrogen) atoms. The molecular formula is C39H45N3O5S. The third kappa shape index (κ3) is 8.83. The van der Waals surface area contributed by atoms with Gasteiger partial charge >= 0.3 is 0 Å². The summed E-state index contributed by atoms with van der Waals surface area (Å²) in [6, 6.07) is 31.5. The first-order valence-electron chi connectivity index (χ1n) is 16.7. The first kappa shape index (κ1) is 34.7. The summed E-state index contributed by atoms with van der Waals surface area (Å²) in [6.07, 6.45) is 6.08. The maximum Gasteiger partial charge on any atom is 0.264 e. The molecule has 1 fully saturated rings. The molecule has 0 unspecified atom stereocenters. The highest BCUT2D eigenvalue weighted by atomic mass is 32.2. The van der Waals surface area contributed by atoms with Gasteiger partial charge in [0.1, 0.15) is 18.3 Å². The molecule has 0 saturated heterocycles. The fourth-order valence-electron chi connectivity index (χ4n) is 6.21. The van der Waals surface area contributed by atoms with Gasteiger partial charge in [-0.25, -0.2) is 8.42 Å². The SMILES string of the molecule is CCc1ccc(N(CC(=O)N(Cc2cccc(OC)c2)[C@@H](Cc2ccccc2)C(=O)NC2CCCCC2)S(=O)(=O)c2ccccc2)cc1. The standard InChI is InChI=1S/C39H45N3O5S/c1-3-30-22-24-34(25-23-30)42(48(45,46)36-20-11-6-12-21-36)29-38(43)41(28-32-16-13-19-35(26-32)47-2)37(27-31-14-7-4-8-15-31)39(44)40-33-17-9-5-10-18-33/h4,6-8,11-16,19-26,33,37H,3,5,9-10,17-18,27-29H2,1-2H3,(H,40,44)/t37-/m0/s1. The van der Waals surface area contributed by atoms with Crippen LogP contribution < -0.4 is 14.4 Å². The summed E-state index contributed by atoms with van der Waals surface area (Å²) in [4.78, 5) is 30.6. The van der Waals surface area contributed by atoms with Crippen LogP contribution in [0.4, 0.5) is 5.69 Å². The third-order valence-corrected chi connectivity index (χ3v) is 10.7. The molecule has 1 aliphatic carbocycles. The molecule has 1 aliphatic rings. The molecule has 0 radical (unpaired) electrons. The summed E-state index contributed by atoms with van der Waals surface area (Å²) in [7, 11) is -2.57. The number of nitrogens with zero attached hydrogens (tertiary/aromatic N) is 2. The molecule has 0 aromatic heterocycles. The lowest BCUT2D eigenvalue weighted by atomic mass is 9.94. The Labute approximate surface area is 284 Å². The minimum absolute atomic E-state index is 0.0327. The van der Waals surface area contributed by atoms with Gasteiger partial charge in [-0.2, -0.15) is 0 Å². The van der Waals surface area contributed by atoms with Crippen LogP contribution in [0.3, 0.4) is 0 Å². The highest BCUT2D eigenvalue weighted by molar-refractivity contribution is 7.92. The number of ether oxygens (including phenoxy) is 1. The van der Waals surface area contributed by atoms with Crippen molar-refractivity contribution in [3.8, 4) is 5.75 Å². The van der Waals surface area contributed by atoms with E-state index in [1.165, 1.54) is 17.0 Å². The Kier molecular flexibility index (Phi) is 11.9. The van der Waals surface area contributed by atoms with Crippen molar-refractivity contribution in [2.45, 2.75) is 75.4 Å². The van der Waals surface area contributed by atoms with Crippen molar-refractivity contribution in [1.82, 2.24) is 10.2 Å². The van der Waals surface area contributed by atoms with E-state index < -0.39 is 28.5 Å². The van der Waals surface area contributed by atoms with Crippen molar-refractivity contribution in [3.05, 3.63) is 126 Å². The Morgan fingerprint density at radius 1 is 0.812 bits per heavy atom. The van der Waals surface area contributed by atoms with Crippen LogP contribution in [0.2, 0.25) is 0 Å². The van der Waals surface area contributed by atoms with Gasteiger partial charge in [-0.05, 0) is 72.4 Å². The molecule has 0 heterocycles. The molecule has 4 aromatic rings. The van der Waals surface area contributed by atoms with Gasteiger partial charge in [0.25, 0.3) is 10.0 Å². The zero-order valence-electron chi connectivity index (χ0n) is 27.8. The van der Waals surface area contributed by atoms with Crippen LogP contribution >= 0.6 is 0 Å². The summed E-state index contributed by atoms with van der Waals surface area (Å²) < 4.78 is 35.0. The molecule has 0 bridgehead atoms. The Morgan fingerprint density at radius 3 is 2.10 bits per heavy atom. The molecule has 1 N–H and O–H groups in total. The average molecular weight is 668 g/mol. The summed E-state index contributed by atoms with van der Waals surface area (Å²) in [5.74, 6) is -0.112. The number of nitrogens with one attached hydrogen (secondary N) is 1. The molecule has 1 saturated carbocycles. The summed E-state index contributed by atoms with van der Waals surface area (Å²) >= 11 is 0. The van der Waals surface area contributed by atoms with Crippen LogP contribution in [0.1, 0.15) is 55.7 Å². The lowest BCUT2D eigenvalue weighted by Gasteiger charge is -2.35. The number of methoxy groups -OCH3 is 1. The van der Waals surface area contributed by atoms with Crippen LogP contribution in [-0.2, 0) is 39.0 Å². The maximum atomic E-state index is 14.7. The number of benzene rings is 4. The fourth-order valence-corrected chi connectivity index (χ4v) is 7.65. The molecule has 1 atom stereocenters. The first-order chi connectivity index (χ1) is 23.3. The van der Waals surface area contributed by atoms with Gasteiger partial charge in [0.15, 0.2) is 0 Å². The second kappa shape index (κ2) is 16.5. The maximum absolute atomic E-state index is 14.7. The average Bonchev–Trinajstić information content (AvgIpc) is 3.13. The van der Waals surface area contributed by atoms with Crippen LogP contribution in [0.5, 0.6) is 5.75 Å². The van der Waals surface area contributed by atoms with Gasteiger partial charge in [-0.3, -0.25) is 13.9 Å². The van der Waals surface area contributed by atoms with E-state index in [0.29, 0.717) is 11.4 Å². The quantitative estimate of drug-likeness (QED) is 0.165. The van der Waals surface area contributed by atoms with Crippen LogP contribution in [0.15, 0.2) is 114 Å². The number of rotatable bonds is 14. The molecule has 9 heteroatoms. The molecule has 5 rings (SSSR count). The predicted molar refractivity (Wildman–Crippen MR) is 189 cm³/mol. The van der Waals surface area contributed by atoms with E-state index in [-0.39, 0.29) is 29.8 Å². The van der Waals surface area contributed by atoms with E-state index in [4.69, 9.17) is 4.74 Å². The Bertz CT molecular complexity index is 1740.